The second-order valence-corrected chi connectivity index (χ2v) is 5.59. The van der Waals surface area contributed by atoms with Gasteiger partial charge >= 0.3 is 0 Å². The third kappa shape index (κ3) is 1.87. The standard InChI is InChI=1S/C18H17NO/c1-13-11-14-7-6-8-15(12-19)17(14)20-18(13,2)16-9-4-3-5-10-16/h3-10,13H,11H2,1-2H3. The van der Waals surface area contributed by atoms with Crippen LogP contribution in [0.1, 0.15) is 30.5 Å². The average molecular weight is 263 g/mol. The molecule has 0 N–H and O–H groups in total. The number of nitriles is 1. The van der Waals surface area contributed by atoms with E-state index in [9.17, 15) is 5.26 Å². The molecule has 2 heteroatoms. The summed E-state index contributed by atoms with van der Waals surface area (Å²) in [6.45, 7) is 4.32. The van der Waals surface area contributed by atoms with Crippen molar-refractivity contribution in [3.8, 4) is 11.8 Å². The van der Waals surface area contributed by atoms with E-state index < -0.39 is 0 Å². The van der Waals surface area contributed by atoms with Gasteiger partial charge in [0.1, 0.15) is 17.4 Å². The molecule has 0 bridgehead atoms. The lowest BCUT2D eigenvalue weighted by atomic mass is 9.77. The van der Waals surface area contributed by atoms with Crippen LogP contribution in [0.4, 0.5) is 0 Å². The lowest BCUT2D eigenvalue weighted by molar-refractivity contribution is 0.0129. The lowest BCUT2D eigenvalue weighted by Gasteiger charge is -2.41. The predicted octanol–water partition coefficient (Wildman–Crippen LogP) is 4.04. The minimum Gasteiger partial charge on any atom is -0.481 e. The van der Waals surface area contributed by atoms with Gasteiger partial charge in [-0.1, -0.05) is 49.4 Å². The van der Waals surface area contributed by atoms with Gasteiger partial charge in [-0.2, -0.15) is 5.26 Å². The maximum atomic E-state index is 9.27. The molecule has 0 aliphatic carbocycles. The first-order chi connectivity index (χ1) is 9.65. The Labute approximate surface area is 119 Å². The quantitative estimate of drug-likeness (QED) is 0.777. The van der Waals surface area contributed by atoms with Gasteiger partial charge in [0.2, 0.25) is 0 Å². The highest BCUT2D eigenvalue weighted by atomic mass is 16.5. The van der Waals surface area contributed by atoms with E-state index in [1.165, 1.54) is 0 Å². The van der Waals surface area contributed by atoms with E-state index in [4.69, 9.17) is 4.74 Å². The van der Waals surface area contributed by atoms with Gasteiger partial charge in [0.25, 0.3) is 0 Å². The fraction of sp³-hybridized carbons (Fsp3) is 0.278. The second-order valence-electron chi connectivity index (χ2n) is 5.59. The molecular formula is C18H17NO. The fourth-order valence-electron chi connectivity index (χ4n) is 2.90. The first-order valence-corrected chi connectivity index (χ1v) is 6.91. The van der Waals surface area contributed by atoms with Gasteiger partial charge in [-0.3, -0.25) is 0 Å². The zero-order valence-electron chi connectivity index (χ0n) is 11.8. The fourth-order valence-corrected chi connectivity index (χ4v) is 2.90. The molecule has 100 valence electrons. The van der Waals surface area contributed by atoms with Crippen LogP contribution in [0, 0.1) is 17.2 Å². The molecule has 1 aliphatic heterocycles. The molecule has 0 aromatic heterocycles. The Morgan fingerprint density at radius 2 is 1.90 bits per heavy atom. The average Bonchev–Trinajstić information content (AvgIpc) is 2.49. The Hall–Kier alpha value is -2.27. The number of benzene rings is 2. The molecule has 2 unspecified atom stereocenters. The largest absolute Gasteiger partial charge is 0.481 e. The summed E-state index contributed by atoms with van der Waals surface area (Å²) in [6.07, 6.45) is 0.927. The maximum Gasteiger partial charge on any atom is 0.141 e. The van der Waals surface area contributed by atoms with E-state index in [-0.39, 0.29) is 5.60 Å². The number of nitrogens with zero attached hydrogens (tertiary/aromatic N) is 1. The second kappa shape index (κ2) is 4.68. The Balaban J connectivity index is 2.11. The summed E-state index contributed by atoms with van der Waals surface area (Å²) in [6, 6.07) is 18.3. The van der Waals surface area contributed by atoms with Crippen molar-refractivity contribution in [2.24, 2.45) is 5.92 Å². The zero-order chi connectivity index (χ0) is 14.2. The number of rotatable bonds is 1. The molecule has 1 heterocycles. The summed E-state index contributed by atoms with van der Waals surface area (Å²) >= 11 is 0. The molecular weight excluding hydrogens is 246 g/mol. The van der Waals surface area contributed by atoms with Crippen molar-refractivity contribution in [2.45, 2.75) is 25.9 Å². The first kappa shape index (κ1) is 12.7. The summed E-state index contributed by atoms with van der Waals surface area (Å²) in [7, 11) is 0. The molecule has 2 atom stereocenters. The number of fused-ring (bicyclic) bond motifs is 1. The third-order valence-electron chi connectivity index (χ3n) is 4.34. The van der Waals surface area contributed by atoms with Crippen molar-refractivity contribution in [1.29, 1.82) is 5.26 Å². The summed E-state index contributed by atoms with van der Waals surface area (Å²) in [5.74, 6) is 1.10. The number of ether oxygens (including phenoxy) is 1. The molecule has 2 aromatic rings. The highest BCUT2D eigenvalue weighted by molar-refractivity contribution is 5.51. The van der Waals surface area contributed by atoms with Crippen LogP contribution in [0.25, 0.3) is 0 Å². The van der Waals surface area contributed by atoms with Gasteiger partial charge in [-0.05, 0) is 30.5 Å². The van der Waals surface area contributed by atoms with Gasteiger partial charge < -0.3 is 4.74 Å². The SMILES string of the molecule is CC1Cc2cccc(C#N)c2OC1(C)c1ccccc1. The molecule has 0 saturated heterocycles. The van der Waals surface area contributed by atoms with Gasteiger partial charge in [0.15, 0.2) is 0 Å². The van der Waals surface area contributed by atoms with Crippen molar-refractivity contribution in [1.82, 2.24) is 0 Å². The Bertz CT molecular complexity index is 672. The number of para-hydroxylation sites is 1. The highest BCUT2D eigenvalue weighted by Gasteiger charge is 2.40. The molecule has 1 aliphatic rings. The molecule has 0 radical (unpaired) electrons. The van der Waals surface area contributed by atoms with Gasteiger partial charge in [0.05, 0.1) is 5.56 Å². The van der Waals surface area contributed by atoms with E-state index in [0.717, 1.165) is 23.3 Å². The summed E-state index contributed by atoms with van der Waals surface area (Å²) in [5, 5.41) is 9.27. The lowest BCUT2D eigenvalue weighted by Crippen LogP contribution is -2.41. The maximum absolute atomic E-state index is 9.27. The molecule has 20 heavy (non-hydrogen) atoms. The third-order valence-corrected chi connectivity index (χ3v) is 4.34. The molecule has 2 nitrogen and oxygen atoms in total. The van der Waals surface area contributed by atoms with Gasteiger partial charge in [-0.25, -0.2) is 0 Å². The van der Waals surface area contributed by atoms with Crippen LogP contribution < -0.4 is 4.74 Å². The molecule has 3 rings (SSSR count). The Morgan fingerprint density at radius 1 is 1.15 bits per heavy atom. The molecule has 0 saturated carbocycles. The van der Waals surface area contributed by atoms with Crippen LogP contribution in [0.5, 0.6) is 5.75 Å². The number of hydrogen-bond acceptors (Lipinski definition) is 2. The van der Waals surface area contributed by atoms with Crippen LogP contribution in [-0.4, -0.2) is 0 Å². The summed E-state index contributed by atoms with van der Waals surface area (Å²) < 4.78 is 6.32. The molecule has 0 amide bonds. The molecule has 2 aromatic carbocycles. The Morgan fingerprint density at radius 3 is 2.60 bits per heavy atom. The predicted molar refractivity (Wildman–Crippen MR) is 78.4 cm³/mol. The first-order valence-electron chi connectivity index (χ1n) is 6.91. The minimum absolute atomic E-state index is 0.353. The summed E-state index contributed by atoms with van der Waals surface area (Å²) in [4.78, 5) is 0. The van der Waals surface area contributed by atoms with E-state index >= 15 is 0 Å². The zero-order valence-corrected chi connectivity index (χ0v) is 11.8. The smallest absolute Gasteiger partial charge is 0.141 e. The molecule has 0 spiro atoms. The Kier molecular flexibility index (Phi) is 2.99. The van der Waals surface area contributed by atoms with Crippen molar-refractivity contribution < 1.29 is 4.74 Å². The van der Waals surface area contributed by atoms with E-state index in [1.807, 2.05) is 30.3 Å². The monoisotopic (exact) mass is 263 g/mol. The van der Waals surface area contributed by atoms with E-state index in [2.05, 4.69) is 38.1 Å². The van der Waals surface area contributed by atoms with Crippen molar-refractivity contribution in [3.05, 3.63) is 65.2 Å². The van der Waals surface area contributed by atoms with Gasteiger partial charge in [-0.15, -0.1) is 0 Å². The van der Waals surface area contributed by atoms with Gasteiger partial charge in [0, 0.05) is 5.92 Å². The topological polar surface area (TPSA) is 33.0 Å². The summed E-state index contributed by atoms with van der Waals surface area (Å²) in [5.41, 5.74) is 2.52. The van der Waals surface area contributed by atoms with Crippen LogP contribution in [-0.2, 0) is 12.0 Å². The molecule has 0 fully saturated rings. The van der Waals surface area contributed by atoms with Crippen LogP contribution >= 0.6 is 0 Å². The van der Waals surface area contributed by atoms with Crippen molar-refractivity contribution in [2.75, 3.05) is 0 Å². The van der Waals surface area contributed by atoms with E-state index in [1.54, 1.807) is 0 Å². The van der Waals surface area contributed by atoms with Crippen molar-refractivity contribution in [3.63, 3.8) is 0 Å². The van der Waals surface area contributed by atoms with Crippen molar-refractivity contribution >= 4 is 0 Å². The highest BCUT2D eigenvalue weighted by Crippen LogP contribution is 2.44. The normalized spacial score (nSPS) is 24.4. The van der Waals surface area contributed by atoms with Crippen LogP contribution in [0.3, 0.4) is 0 Å². The van der Waals surface area contributed by atoms with Crippen LogP contribution in [0.2, 0.25) is 0 Å². The van der Waals surface area contributed by atoms with Crippen LogP contribution in [0.15, 0.2) is 48.5 Å². The number of hydrogen-bond donors (Lipinski definition) is 0. The minimum atomic E-state index is -0.388. The van der Waals surface area contributed by atoms with E-state index in [0.29, 0.717) is 11.5 Å².